The molecule has 1 atom stereocenters. The molecule has 0 spiro atoms. The Bertz CT molecular complexity index is 322. The molecular formula is C15H26N2. The largest absolute Gasteiger partial charge is 0.374 e. The van der Waals surface area contributed by atoms with E-state index in [1.165, 1.54) is 17.7 Å². The first kappa shape index (κ1) is 14.0. The smallest absolute Gasteiger partial charge is 0.0366 e. The molecule has 0 heterocycles. The molecule has 1 rings (SSSR count). The van der Waals surface area contributed by atoms with E-state index in [0.29, 0.717) is 5.92 Å². The van der Waals surface area contributed by atoms with Gasteiger partial charge in [-0.25, -0.2) is 0 Å². The van der Waals surface area contributed by atoms with Crippen LogP contribution in [-0.2, 0) is 0 Å². The number of hydrogen-bond acceptors (Lipinski definition) is 2. The SMILES string of the molecule is CCCNCC(C)CN(C)c1cccc(C)c1. The van der Waals surface area contributed by atoms with Gasteiger partial charge in [0.1, 0.15) is 0 Å². The fourth-order valence-electron chi connectivity index (χ4n) is 2.03. The molecule has 0 aliphatic rings. The Morgan fingerprint density at radius 3 is 2.76 bits per heavy atom. The van der Waals surface area contributed by atoms with Crippen molar-refractivity contribution < 1.29 is 0 Å². The fraction of sp³-hybridized carbons (Fsp3) is 0.600. The normalized spacial score (nSPS) is 12.5. The molecule has 0 amide bonds. The third-order valence-corrected chi connectivity index (χ3v) is 2.95. The minimum atomic E-state index is 0.673. The summed E-state index contributed by atoms with van der Waals surface area (Å²) in [4.78, 5) is 2.34. The van der Waals surface area contributed by atoms with Gasteiger partial charge >= 0.3 is 0 Å². The van der Waals surface area contributed by atoms with Crippen molar-refractivity contribution in [3.8, 4) is 0 Å². The number of benzene rings is 1. The highest BCUT2D eigenvalue weighted by atomic mass is 15.1. The summed E-state index contributed by atoms with van der Waals surface area (Å²) in [5.41, 5.74) is 2.64. The summed E-state index contributed by atoms with van der Waals surface area (Å²) in [5, 5.41) is 3.48. The maximum absolute atomic E-state index is 3.48. The predicted octanol–water partition coefficient (Wildman–Crippen LogP) is 3.07. The van der Waals surface area contributed by atoms with Crippen LogP contribution in [0.2, 0.25) is 0 Å². The van der Waals surface area contributed by atoms with Crippen LogP contribution >= 0.6 is 0 Å². The van der Waals surface area contributed by atoms with Gasteiger partial charge in [0, 0.05) is 19.3 Å². The Hall–Kier alpha value is -1.02. The van der Waals surface area contributed by atoms with Crippen LogP contribution in [0.1, 0.15) is 25.8 Å². The Kier molecular flexibility index (Phi) is 6.06. The van der Waals surface area contributed by atoms with E-state index >= 15 is 0 Å². The van der Waals surface area contributed by atoms with Crippen LogP contribution < -0.4 is 10.2 Å². The van der Waals surface area contributed by atoms with Crippen molar-refractivity contribution in [3.05, 3.63) is 29.8 Å². The summed E-state index contributed by atoms with van der Waals surface area (Å²) in [6.07, 6.45) is 1.21. The molecule has 1 aromatic carbocycles. The average molecular weight is 234 g/mol. The molecule has 0 aliphatic carbocycles. The highest BCUT2D eigenvalue weighted by Gasteiger charge is 2.06. The van der Waals surface area contributed by atoms with Crippen molar-refractivity contribution in [3.63, 3.8) is 0 Å². The molecule has 0 radical (unpaired) electrons. The zero-order chi connectivity index (χ0) is 12.7. The number of aryl methyl sites for hydroxylation is 1. The molecule has 2 heteroatoms. The van der Waals surface area contributed by atoms with E-state index in [9.17, 15) is 0 Å². The van der Waals surface area contributed by atoms with Crippen LogP contribution in [0.3, 0.4) is 0 Å². The van der Waals surface area contributed by atoms with Crippen LogP contribution in [0.4, 0.5) is 5.69 Å². The lowest BCUT2D eigenvalue weighted by Crippen LogP contribution is -2.31. The Labute approximate surface area is 106 Å². The molecule has 2 nitrogen and oxygen atoms in total. The standard InChI is InChI=1S/C15H26N2/c1-5-9-16-11-14(3)12-17(4)15-8-6-7-13(2)10-15/h6-8,10,14,16H,5,9,11-12H2,1-4H3. The maximum atomic E-state index is 3.48. The second-order valence-corrected chi connectivity index (χ2v) is 5.03. The van der Waals surface area contributed by atoms with Crippen LogP contribution in [0, 0.1) is 12.8 Å². The molecule has 1 aromatic rings. The second-order valence-electron chi connectivity index (χ2n) is 5.03. The van der Waals surface area contributed by atoms with Crippen LogP contribution in [0.25, 0.3) is 0 Å². The molecule has 1 unspecified atom stereocenters. The Balaban J connectivity index is 2.40. The topological polar surface area (TPSA) is 15.3 Å². The lowest BCUT2D eigenvalue weighted by atomic mass is 10.1. The molecule has 17 heavy (non-hydrogen) atoms. The third kappa shape index (κ3) is 5.22. The third-order valence-electron chi connectivity index (χ3n) is 2.95. The summed E-state index contributed by atoms with van der Waals surface area (Å²) in [5.74, 6) is 0.673. The van der Waals surface area contributed by atoms with Gasteiger partial charge in [-0.05, 0) is 50.0 Å². The summed E-state index contributed by atoms with van der Waals surface area (Å²) < 4.78 is 0. The molecule has 1 N–H and O–H groups in total. The molecule has 0 bridgehead atoms. The first-order valence-corrected chi connectivity index (χ1v) is 6.62. The van der Waals surface area contributed by atoms with Gasteiger partial charge in [0.05, 0.1) is 0 Å². The number of rotatable bonds is 7. The first-order chi connectivity index (χ1) is 8.13. The van der Waals surface area contributed by atoms with Crippen molar-refractivity contribution >= 4 is 5.69 Å². The number of anilines is 1. The zero-order valence-corrected chi connectivity index (χ0v) is 11.7. The highest BCUT2D eigenvalue weighted by Crippen LogP contribution is 2.15. The van der Waals surface area contributed by atoms with E-state index in [0.717, 1.165) is 19.6 Å². The van der Waals surface area contributed by atoms with Crippen molar-refractivity contribution in [1.29, 1.82) is 0 Å². The van der Waals surface area contributed by atoms with Crippen molar-refractivity contribution in [2.75, 3.05) is 31.6 Å². The molecule has 0 aliphatic heterocycles. The molecule has 96 valence electrons. The quantitative estimate of drug-likeness (QED) is 0.729. The molecule has 0 aromatic heterocycles. The van der Waals surface area contributed by atoms with Crippen molar-refractivity contribution in [2.24, 2.45) is 5.92 Å². The lowest BCUT2D eigenvalue weighted by Gasteiger charge is -2.24. The Morgan fingerprint density at radius 1 is 1.35 bits per heavy atom. The minimum absolute atomic E-state index is 0.673. The minimum Gasteiger partial charge on any atom is -0.374 e. The Morgan fingerprint density at radius 2 is 2.12 bits per heavy atom. The monoisotopic (exact) mass is 234 g/mol. The first-order valence-electron chi connectivity index (χ1n) is 6.62. The van der Waals surface area contributed by atoms with E-state index in [1.54, 1.807) is 0 Å². The van der Waals surface area contributed by atoms with E-state index in [-0.39, 0.29) is 0 Å². The van der Waals surface area contributed by atoms with Crippen LogP contribution in [0.15, 0.2) is 24.3 Å². The summed E-state index contributed by atoms with van der Waals surface area (Å²) >= 11 is 0. The molecule has 0 saturated carbocycles. The van der Waals surface area contributed by atoms with E-state index in [1.807, 2.05) is 0 Å². The van der Waals surface area contributed by atoms with E-state index in [4.69, 9.17) is 0 Å². The van der Waals surface area contributed by atoms with Gasteiger partial charge in [0.2, 0.25) is 0 Å². The van der Waals surface area contributed by atoms with Crippen LogP contribution in [-0.4, -0.2) is 26.7 Å². The van der Waals surface area contributed by atoms with E-state index in [2.05, 4.69) is 62.3 Å². The molecule has 0 saturated heterocycles. The van der Waals surface area contributed by atoms with Crippen molar-refractivity contribution in [2.45, 2.75) is 27.2 Å². The second kappa shape index (κ2) is 7.33. The van der Waals surface area contributed by atoms with Gasteiger partial charge in [0.15, 0.2) is 0 Å². The summed E-state index contributed by atoms with van der Waals surface area (Å²) in [7, 11) is 2.17. The number of hydrogen-bond donors (Lipinski definition) is 1. The van der Waals surface area contributed by atoms with Gasteiger partial charge in [-0.3, -0.25) is 0 Å². The maximum Gasteiger partial charge on any atom is 0.0366 e. The van der Waals surface area contributed by atoms with Gasteiger partial charge in [-0.15, -0.1) is 0 Å². The predicted molar refractivity (Wildman–Crippen MR) is 76.8 cm³/mol. The summed E-state index contributed by atoms with van der Waals surface area (Å²) in [6.45, 7) is 9.97. The lowest BCUT2D eigenvalue weighted by molar-refractivity contribution is 0.512. The molecular weight excluding hydrogens is 208 g/mol. The molecule has 0 fully saturated rings. The fourth-order valence-corrected chi connectivity index (χ4v) is 2.03. The van der Waals surface area contributed by atoms with Gasteiger partial charge in [-0.2, -0.15) is 0 Å². The highest BCUT2D eigenvalue weighted by molar-refractivity contribution is 5.47. The van der Waals surface area contributed by atoms with Gasteiger partial charge < -0.3 is 10.2 Å². The number of nitrogens with one attached hydrogen (secondary N) is 1. The van der Waals surface area contributed by atoms with Crippen molar-refractivity contribution in [1.82, 2.24) is 5.32 Å². The van der Waals surface area contributed by atoms with Gasteiger partial charge in [0.25, 0.3) is 0 Å². The summed E-state index contributed by atoms with van der Waals surface area (Å²) in [6, 6.07) is 8.69. The van der Waals surface area contributed by atoms with E-state index < -0.39 is 0 Å². The zero-order valence-electron chi connectivity index (χ0n) is 11.7. The van der Waals surface area contributed by atoms with Crippen LogP contribution in [0.5, 0.6) is 0 Å². The van der Waals surface area contributed by atoms with Gasteiger partial charge in [-0.1, -0.05) is 26.0 Å². The average Bonchev–Trinajstić information content (AvgIpc) is 2.29. The number of nitrogens with zero attached hydrogens (tertiary/aromatic N) is 1.